The van der Waals surface area contributed by atoms with E-state index in [0.29, 0.717) is 23.0 Å². The van der Waals surface area contributed by atoms with E-state index in [0.717, 1.165) is 32.2 Å². The van der Waals surface area contributed by atoms with Gasteiger partial charge in [0.25, 0.3) is 0 Å². The van der Waals surface area contributed by atoms with Crippen molar-refractivity contribution in [2.75, 3.05) is 0 Å². The Balaban J connectivity index is 1.67. The van der Waals surface area contributed by atoms with Crippen molar-refractivity contribution in [2.24, 2.45) is 0 Å². The monoisotopic (exact) mass is 476 g/mol. The number of benzene rings is 3. The number of para-hydroxylation sites is 1. The van der Waals surface area contributed by atoms with Gasteiger partial charge in [0, 0.05) is 22.2 Å². The van der Waals surface area contributed by atoms with E-state index in [9.17, 15) is 5.11 Å². The van der Waals surface area contributed by atoms with Crippen LogP contribution in [0.1, 0.15) is 16.7 Å². The fourth-order valence-corrected chi connectivity index (χ4v) is 4.99. The van der Waals surface area contributed by atoms with E-state index < -0.39 is 0 Å². The summed E-state index contributed by atoms with van der Waals surface area (Å²) in [7, 11) is 0. The summed E-state index contributed by atoms with van der Waals surface area (Å²) in [6.07, 6.45) is 1.79. The van der Waals surface area contributed by atoms with Gasteiger partial charge in [-0.05, 0) is 68.3 Å². The van der Waals surface area contributed by atoms with Crippen molar-refractivity contribution in [3.8, 4) is 39.9 Å². The zero-order valence-electron chi connectivity index (χ0n) is 19.7. The van der Waals surface area contributed by atoms with E-state index in [-0.39, 0.29) is 5.75 Å². The largest absolute Gasteiger partial charge is 0.507 e. The van der Waals surface area contributed by atoms with Crippen LogP contribution in [0.3, 0.4) is 0 Å². The van der Waals surface area contributed by atoms with Crippen LogP contribution in [0.25, 0.3) is 34.2 Å². The van der Waals surface area contributed by atoms with Gasteiger partial charge in [-0.1, -0.05) is 59.8 Å². The summed E-state index contributed by atoms with van der Waals surface area (Å²) in [5.41, 5.74) is 5.81. The molecule has 35 heavy (non-hydrogen) atoms. The summed E-state index contributed by atoms with van der Waals surface area (Å²) in [5.74, 6) is 1.71. The highest BCUT2D eigenvalue weighted by molar-refractivity contribution is 7.99. The van der Waals surface area contributed by atoms with Crippen LogP contribution >= 0.6 is 11.8 Å². The van der Waals surface area contributed by atoms with Crippen LogP contribution in [-0.2, 0) is 0 Å². The molecule has 3 aromatic carbocycles. The van der Waals surface area contributed by atoms with Crippen LogP contribution in [0.5, 0.6) is 5.75 Å². The molecule has 0 amide bonds. The second kappa shape index (κ2) is 9.68. The quantitative estimate of drug-likeness (QED) is 0.293. The maximum absolute atomic E-state index is 10.5. The predicted octanol–water partition coefficient (Wildman–Crippen LogP) is 7.05. The Morgan fingerprint density at radius 3 is 2.14 bits per heavy atom. The number of aromatic hydroxyl groups is 1. The van der Waals surface area contributed by atoms with E-state index in [1.54, 1.807) is 30.1 Å². The molecule has 0 spiro atoms. The smallest absolute Gasteiger partial charge is 0.167 e. The number of hydrogen-bond acceptors (Lipinski definition) is 6. The first kappa shape index (κ1) is 22.7. The average molecular weight is 477 g/mol. The highest BCUT2D eigenvalue weighted by Crippen LogP contribution is 2.33. The van der Waals surface area contributed by atoms with E-state index in [1.807, 2.05) is 48.5 Å². The van der Waals surface area contributed by atoms with Crippen LogP contribution in [0, 0.1) is 20.8 Å². The molecule has 0 unspecified atom stereocenters. The molecule has 0 atom stereocenters. The summed E-state index contributed by atoms with van der Waals surface area (Å²) in [6.45, 7) is 6.23. The number of aryl methyl sites for hydroxylation is 3. The third-order valence-corrected chi connectivity index (χ3v) is 6.57. The molecule has 0 bridgehead atoms. The summed E-state index contributed by atoms with van der Waals surface area (Å²) < 4.78 is 0. The number of rotatable bonds is 5. The predicted molar refractivity (Wildman–Crippen MR) is 140 cm³/mol. The Bertz CT molecular complexity index is 1500. The van der Waals surface area contributed by atoms with E-state index >= 15 is 0 Å². The van der Waals surface area contributed by atoms with Gasteiger partial charge in [-0.2, -0.15) is 0 Å². The summed E-state index contributed by atoms with van der Waals surface area (Å²) in [5, 5.41) is 11.4. The molecule has 0 saturated carbocycles. The number of hydrogen-bond donors (Lipinski definition) is 1. The first-order valence-electron chi connectivity index (χ1n) is 11.3. The Kier molecular flexibility index (Phi) is 6.29. The van der Waals surface area contributed by atoms with E-state index in [2.05, 4.69) is 44.0 Å². The van der Waals surface area contributed by atoms with Gasteiger partial charge in [-0.25, -0.2) is 19.9 Å². The molecule has 5 rings (SSSR count). The number of phenols is 1. The SMILES string of the molecule is Cc1cc(C)c(-c2nc(-c3cccc(Sc4ccccn4)c3)nc(-c3ccccc3O)n2)c(C)c1. The fraction of sp³-hybridized carbons (Fsp3) is 0.103. The molecule has 1 N–H and O–H groups in total. The Hall–Kier alpha value is -4.03. The molecule has 5 aromatic rings. The molecule has 2 heterocycles. The van der Waals surface area contributed by atoms with Crippen LogP contribution in [0.15, 0.2) is 95.0 Å². The molecule has 0 radical (unpaired) electrons. The molecule has 0 aliphatic carbocycles. The molecule has 0 aliphatic heterocycles. The summed E-state index contributed by atoms with van der Waals surface area (Å²) in [4.78, 5) is 19.9. The molecule has 5 nitrogen and oxygen atoms in total. The topological polar surface area (TPSA) is 71.8 Å². The molecule has 6 heteroatoms. The minimum atomic E-state index is 0.132. The molecular formula is C29H24N4OS. The minimum absolute atomic E-state index is 0.132. The molecule has 0 saturated heterocycles. The van der Waals surface area contributed by atoms with Gasteiger partial charge in [0.1, 0.15) is 10.8 Å². The average Bonchev–Trinajstić information content (AvgIpc) is 2.84. The van der Waals surface area contributed by atoms with Crippen molar-refractivity contribution in [3.05, 3.63) is 102 Å². The van der Waals surface area contributed by atoms with Crippen LogP contribution in [0.2, 0.25) is 0 Å². The standard InChI is InChI=1S/C29H24N4OS/c1-18-15-19(2)26(20(3)16-18)29-32-27(31-28(33-29)23-11-4-5-12-24(23)34)21-9-8-10-22(17-21)35-25-13-6-7-14-30-25/h4-17,34H,1-3H3. The fourth-order valence-electron chi connectivity index (χ4n) is 4.16. The summed E-state index contributed by atoms with van der Waals surface area (Å²) in [6, 6.07) is 25.3. The van der Waals surface area contributed by atoms with Crippen LogP contribution in [0.4, 0.5) is 0 Å². The van der Waals surface area contributed by atoms with Gasteiger partial charge in [0.05, 0.1) is 5.56 Å². The number of phenolic OH excluding ortho intramolecular Hbond substituents is 1. The Morgan fingerprint density at radius 1 is 0.686 bits per heavy atom. The number of nitrogens with zero attached hydrogens (tertiary/aromatic N) is 4. The van der Waals surface area contributed by atoms with Crippen molar-refractivity contribution in [2.45, 2.75) is 30.7 Å². The van der Waals surface area contributed by atoms with Crippen LogP contribution < -0.4 is 0 Å². The lowest BCUT2D eigenvalue weighted by Crippen LogP contribution is -2.02. The highest BCUT2D eigenvalue weighted by atomic mass is 32.2. The maximum Gasteiger partial charge on any atom is 0.167 e. The first-order valence-corrected chi connectivity index (χ1v) is 12.1. The Morgan fingerprint density at radius 2 is 1.40 bits per heavy atom. The zero-order chi connectivity index (χ0) is 24.4. The van der Waals surface area contributed by atoms with Crippen LogP contribution in [-0.4, -0.2) is 25.0 Å². The first-order chi connectivity index (χ1) is 17.0. The molecule has 0 aliphatic rings. The summed E-state index contributed by atoms with van der Waals surface area (Å²) >= 11 is 1.58. The van der Waals surface area contributed by atoms with Gasteiger partial charge in [-0.15, -0.1) is 0 Å². The lowest BCUT2D eigenvalue weighted by atomic mass is 9.99. The zero-order valence-corrected chi connectivity index (χ0v) is 20.5. The van der Waals surface area contributed by atoms with Crippen molar-refractivity contribution < 1.29 is 5.11 Å². The minimum Gasteiger partial charge on any atom is -0.507 e. The van der Waals surface area contributed by atoms with Gasteiger partial charge >= 0.3 is 0 Å². The number of aromatic nitrogens is 4. The second-order valence-corrected chi connectivity index (χ2v) is 9.49. The van der Waals surface area contributed by atoms with Crippen molar-refractivity contribution >= 4 is 11.8 Å². The van der Waals surface area contributed by atoms with E-state index in [4.69, 9.17) is 15.0 Å². The second-order valence-electron chi connectivity index (χ2n) is 8.39. The molecule has 2 aromatic heterocycles. The van der Waals surface area contributed by atoms with Gasteiger partial charge in [0.15, 0.2) is 17.5 Å². The highest BCUT2D eigenvalue weighted by Gasteiger charge is 2.17. The number of pyridine rings is 1. The van der Waals surface area contributed by atoms with Crippen molar-refractivity contribution in [1.82, 2.24) is 19.9 Å². The Labute approximate surface area is 209 Å². The molecule has 172 valence electrons. The normalized spacial score (nSPS) is 10.9. The van der Waals surface area contributed by atoms with Gasteiger partial charge in [-0.3, -0.25) is 0 Å². The maximum atomic E-state index is 10.5. The van der Waals surface area contributed by atoms with E-state index in [1.165, 1.54) is 5.56 Å². The third-order valence-electron chi connectivity index (χ3n) is 5.63. The van der Waals surface area contributed by atoms with Gasteiger partial charge in [0.2, 0.25) is 0 Å². The van der Waals surface area contributed by atoms with Crippen molar-refractivity contribution in [3.63, 3.8) is 0 Å². The third kappa shape index (κ3) is 4.93. The molecular weight excluding hydrogens is 452 g/mol. The lowest BCUT2D eigenvalue weighted by Gasteiger charge is -2.13. The molecule has 0 fully saturated rings. The van der Waals surface area contributed by atoms with Gasteiger partial charge < -0.3 is 5.11 Å². The lowest BCUT2D eigenvalue weighted by molar-refractivity contribution is 0.477. The van der Waals surface area contributed by atoms with Crippen molar-refractivity contribution in [1.29, 1.82) is 0 Å².